The fraction of sp³-hybridized carbons (Fsp3) is 0.625. The molecule has 114 valence electrons. The molecule has 0 saturated carbocycles. The minimum absolute atomic E-state index is 0.565. The van der Waals surface area contributed by atoms with Gasteiger partial charge in [0.15, 0.2) is 11.5 Å². The highest BCUT2D eigenvalue weighted by molar-refractivity contribution is 6.31. The van der Waals surface area contributed by atoms with E-state index in [1.165, 1.54) is 12.8 Å². The summed E-state index contributed by atoms with van der Waals surface area (Å²) in [6.07, 6.45) is 4.50. The van der Waals surface area contributed by atoms with Crippen LogP contribution in [0.1, 0.15) is 38.7 Å². The summed E-state index contributed by atoms with van der Waals surface area (Å²) in [7, 11) is 3.27. The lowest BCUT2D eigenvalue weighted by atomic mass is 10.1. The second-order valence-electron chi connectivity index (χ2n) is 5.22. The van der Waals surface area contributed by atoms with E-state index >= 15 is 0 Å². The van der Waals surface area contributed by atoms with Gasteiger partial charge in [-0.2, -0.15) is 0 Å². The van der Waals surface area contributed by atoms with Crippen LogP contribution in [0.5, 0.6) is 11.5 Å². The van der Waals surface area contributed by atoms with Crippen molar-refractivity contribution in [2.24, 2.45) is 0 Å². The highest BCUT2D eigenvalue weighted by Crippen LogP contribution is 2.33. The van der Waals surface area contributed by atoms with Gasteiger partial charge in [-0.05, 0) is 37.4 Å². The lowest BCUT2D eigenvalue weighted by Gasteiger charge is -2.12. The van der Waals surface area contributed by atoms with Crippen LogP contribution in [0.2, 0.25) is 5.02 Å². The van der Waals surface area contributed by atoms with E-state index in [0.717, 1.165) is 35.7 Å². The Balaban J connectivity index is 2.43. The standard InChI is InChI=1S/C16H26ClNO2/c1-12(2)18-9-7-5-6-8-13-10-15(19-3)16(20-4)11-14(13)17/h10-12,18H,5-9H2,1-4H3. The van der Waals surface area contributed by atoms with Crippen molar-refractivity contribution in [2.75, 3.05) is 20.8 Å². The zero-order valence-corrected chi connectivity index (χ0v) is 13.7. The van der Waals surface area contributed by atoms with Gasteiger partial charge in [0, 0.05) is 17.1 Å². The third kappa shape index (κ3) is 5.59. The Morgan fingerprint density at radius 1 is 1.05 bits per heavy atom. The van der Waals surface area contributed by atoms with Gasteiger partial charge in [0.05, 0.1) is 14.2 Å². The molecule has 0 spiro atoms. The Labute approximate surface area is 127 Å². The van der Waals surface area contributed by atoms with E-state index in [1.807, 2.05) is 12.1 Å². The molecule has 0 aliphatic heterocycles. The molecule has 1 aromatic rings. The quantitative estimate of drug-likeness (QED) is 0.697. The average molecular weight is 300 g/mol. The molecule has 3 nitrogen and oxygen atoms in total. The summed E-state index contributed by atoms with van der Waals surface area (Å²) < 4.78 is 10.5. The first-order chi connectivity index (χ1) is 9.58. The van der Waals surface area contributed by atoms with Crippen LogP contribution < -0.4 is 14.8 Å². The summed E-state index contributed by atoms with van der Waals surface area (Å²) in [6.45, 7) is 5.42. The van der Waals surface area contributed by atoms with Gasteiger partial charge in [-0.25, -0.2) is 0 Å². The molecule has 0 aromatic heterocycles. The van der Waals surface area contributed by atoms with E-state index in [2.05, 4.69) is 19.2 Å². The van der Waals surface area contributed by atoms with Crippen LogP contribution >= 0.6 is 11.6 Å². The minimum Gasteiger partial charge on any atom is -0.493 e. The number of hydrogen-bond acceptors (Lipinski definition) is 3. The predicted molar refractivity (Wildman–Crippen MR) is 85.2 cm³/mol. The van der Waals surface area contributed by atoms with Crippen molar-refractivity contribution >= 4 is 11.6 Å². The summed E-state index contributed by atoms with van der Waals surface area (Å²) in [6, 6.07) is 4.37. The third-order valence-electron chi connectivity index (χ3n) is 3.23. The Hall–Kier alpha value is -0.930. The van der Waals surface area contributed by atoms with Crippen LogP contribution in [-0.2, 0) is 6.42 Å². The molecule has 4 heteroatoms. The van der Waals surface area contributed by atoms with E-state index in [4.69, 9.17) is 21.1 Å². The van der Waals surface area contributed by atoms with E-state index in [-0.39, 0.29) is 0 Å². The number of nitrogens with one attached hydrogen (secondary N) is 1. The number of ether oxygens (including phenoxy) is 2. The van der Waals surface area contributed by atoms with Gasteiger partial charge in [-0.1, -0.05) is 31.9 Å². The highest BCUT2D eigenvalue weighted by atomic mass is 35.5. The number of rotatable bonds is 9. The summed E-state index contributed by atoms with van der Waals surface area (Å²) in [5.74, 6) is 1.43. The number of halogens is 1. The van der Waals surface area contributed by atoms with Gasteiger partial charge in [0.1, 0.15) is 0 Å². The van der Waals surface area contributed by atoms with Crippen LogP contribution in [0.15, 0.2) is 12.1 Å². The number of hydrogen-bond donors (Lipinski definition) is 1. The molecule has 0 radical (unpaired) electrons. The van der Waals surface area contributed by atoms with E-state index in [0.29, 0.717) is 11.8 Å². The summed E-state index contributed by atoms with van der Waals surface area (Å²) >= 11 is 6.27. The second-order valence-corrected chi connectivity index (χ2v) is 5.63. The summed E-state index contributed by atoms with van der Waals surface area (Å²) in [5, 5.41) is 4.18. The Bertz CT molecular complexity index is 408. The van der Waals surface area contributed by atoms with Crippen molar-refractivity contribution < 1.29 is 9.47 Å². The topological polar surface area (TPSA) is 30.5 Å². The Kier molecular flexibility index (Phi) is 7.78. The monoisotopic (exact) mass is 299 g/mol. The van der Waals surface area contributed by atoms with Crippen molar-refractivity contribution in [2.45, 2.75) is 45.6 Å². The molecule has 0 bridgehead atoms. The molecule has 20 heavy (non-hydrogen) atoms. The fourth-order valence-electron chi connectivity index (χ4n) is 2.10. The number of benzene rings is 1. The number of unbranched alkanes of at least 4 members (excludes halogenated alkanes) is 2. The third-order valence-corrected chi connectivity index (χ3v) is 3.58. The lowest BCUT2D eigenvalue weighted by molar-refractivity contribution is 0.354. The molecule has 0 atom stereocenters. The van der Waals surface area contributed by atoms with Gasteiger partial charge < -0.3 is 14.8 Å². The molecule has 0 aliphatic rings. The van der Waals surface area contributed by atoms with Crippen LogP contribution in [0, 0.1) is 0 Å². The van der Waals surface area contributed by atoms with Crippen LogP contribution in [-0.4, -0.2) is 26.8 Å². The average Bonchev–Trinajstić information content (AvgIpc) is 2.43. The van der Waals surface area contributed by atoms with Crippen molar-refractivity contribution in [3.8, 4) is 11.5 Å². The van der Waals surface area contributed by atoms with Gasteiger partial charge in [0.2, 0.25) is 0 Å². The largest absolute Gasteiger partial charge is 0.493 e. The van der Waals surface area contributed by atoms with E-state index in [1.54, 1.807) is 14.2 Å². The van der Waals surface area contributed by atoms with Crippen LogP contribution in [0.25, 0.3) is 0 Å². The predicted octanol–water partition coefficient (Wildman–Crippen LogP) is 4.07. The fourth-order valence-corrected chi connectivity index (χ4v) is 2.34. The zero-order valence-electron chi connectivity index (χ0n) is 13.0. The maximum Gasteiger partial charge on any atom is 0.162 e. The molecule has 0 amide bonds. The Morgan fingerprint density at radius 3 is 2.30 bits per heavy atom. The van der Waals surface area contributed by atoms with Gasteiger partial charge in [0.25, 0.3) is 0 Å². The van der Waals surface area contributed by atoms with Crippen molar-refractivity contribution in [3.63, 3.8) is 0 Å². The molecule has 0 heterocycles. The van der Waals surface area contributed by atoms with Crippen LogP contribution in [0.3, 0.4) is 0 Å². The Morgan fingerprint density at radius 2 is 1.70 bits per heavy atom. The molecule has 0 aliphatic carbocycles. The number of aryl methyl sites for hydroxylation is 1. The highest BCUT2D eigenvalue weighted by Gasteiger charge is 2.09. The smallest absolute Gasteiger partial charge is 0.162 e. The molecule has 0 fully saturated rings. The van der Waals surface area contributed by atoms with E-state index in [9.17, 15) is 0 Å². The first-order valence-electron chi connectivity index (χ1n) is 7.22. The number of methoxy groups -OCH3 is 2. The second kappa shape index (κ2) is 9.09. The SMILES string of the molecule is COc1cc(Cl)c(CCCCCNC(C)C)cc1OC. The molecule has 1 N–H and O–H groups in total. The first-order valence-corrected chi connectivity index (χ1v) is 7.60. The van der Waals surface area contributed by atoms with Gasteiger partial charge in [-0.15, -0.1) is 0 Å². The van der Waals surface area contributed by atoms with E-state index < -0.39 is 0 Å². The van der Waals surface area contributed by atoms with Crippen molar-refractivity contribution in [1.29, 1.82) is 0 Å². The summed E-state index contributed by atoms with van der Waals surface area (Å²) in [5.41, 5.74) is 1.13. The minimum atomic E-state index is 0.565. The lowest BCUT2D eigenvalue weighted by Crippen LogP contribution is -2.23. The van der Waals surface area contributed by atoms with Crippen LogP contribution in [0.4, 0.5) is 0 Å². The summed E-state index contributed by atoms with van der Waals surface area (Å²) in [4.78, 5) is 0. The van der Waals surface area contributed by atoms with Crippen molar-refractivity contribution in [1.82, 2.24) is 5.32 Å². The zero-order chi connectivity index (χ0) is 15.0. The molecule has 0 saturated heterocycles. The van der Waals surface area contributed by atoms with Gasteiger partial charge in [-0.3, -0.25) is 0 Å². The van der Waals surface area contributed by atoms with Gasteiger partial charge >= 0.3 is 0 Å². The normalized spacial score (nSPS) is 10.9. The maximum atomic E-state index is 6.27. The molecule has 1 rings (SSSR count). The molecule has 0 unspecified atom stereocenters. The first kappa shape index (κ1) is 17.1. The molecule has 1 aromatic carbocycles. The molecular weight excluding hydrogens is 274 g/mol. The maximum absolute atomic E-state index is 6.27. The van der Waals surface area contributed by atoms with Crippen molar-refractivity contribution in [3.05, 3.63) is 22.7 Å². The molecular formula is C16H26ClNO2.